The Morgan fingerprint density at radius 2 is 2.00 bits per heavy atom. The van der Waals surface area contributed by atoms with E-state index in [1.165, 1.54) is 0 Å². The summed E-state index contributed by atoms with van der Waals surface area (Å²) in [5, 5.41) is 11.9. The maximum Gasteiger partial charge on any atom is 0.237 e. The molecule has 0 heterocycles. The average molecular weight is 280 g/mol. The molecule has 0 aromatic heterocycles. The van der Waals surface area contributed by atoms with Crippen LogP contribution in [-0.2, 0) is 16.0 Å². The first-order valence-electron chi connectivity index (χ1n) is 6.88. The third-order valence-electron chi connectivity index (χ3n) is 2.73. The van der Waals surface area contributed by atoms with Crippen molar-refractivity contribution in [3.63, 3.8) is 0 Å². The van der Waals surface area contributed by atoms with Crippen LogP contribution in [0.15, 0.2) is 24.3 Å². The molecule has 20 heavy (non-hydrogen) atoms. The second-order valence-electron chi connectivity index (χ2n) is 5.24. The third kappa shape index (κ3) is 6.54. The first kappa shape index (κ1) is 16.5. The van der Waals surface area contributed by atoms with Crippen LogP contribution in [0, 0.1) is 5.92 Å². The zero-order chi connectivity index (χ0) is 15.0. The quantitative estimate of drug-likeness (QED) is 0.621. The zero-order valence-electron chi connectivity index (χ0n) is 12.1. The molecule has 1 amide bonds. The maximum absolute atomic E-state index is 11.8. The smallest absolute Gasteiger partial charge is 0.237 e. The van der Waals surface area contributed by atoms with Gasteiger partial charge in [0.1, 0.15) is 5.75 Å². The Morgan fingerprint density at radius 3 is 2.60 bits per heavy atom. The van der Waals surface area contributed by atoms with Gasteiger partial charge in [-0.25, -0.2) is 0 Å². The molecule has 4 N–H and O–H groups in total. The highest BCUT2D eigenvalue weighted by Gasteiger charge is 2.13. The molecule has 0 fully saturated rings. The van der Waals surface area contributed by atoms with Crippen molar-refractivity contribution < 1.29 is 14.6 Å². The van der Waals surface area contributed by atoms with Crippen LogP contribution in [0.25, 0.3) is 0 Å². The maximum atomic E-state index is 11.8. The fourth-order valence-electron chi connectivity index (χ4n) is 1.68. The van der Waals surface area contributed by atoms with Crippen molar-refractivity contribution >= 4 is 5.91 Å². The number of rotatable bonds is 8. The van der Waals surface area contributed by atoms with Gasteiger partial charge in [0.25, 0.3) is 0 Å². The van der Waals surface area contributed by atoms with E-state index in [4.69, 9.17) is 10.5 Å². The number of hydrogen-bond acceptors (Lipinski definition) is 4. The number of carbonyl (C=O) groups excluding carboxylic acids is 1. The van der Waals surface area contributed by atoms with E-state index >= 15 is 0 Å². The summed E-state index contributed by atoms with van der Waals surface area (Å²) < 4.78 is 5.37. The van der Waals surface area contributed by atoms with Crippen LogP contribution in [0.2, 0.25) is 0 Å². The number of phenols is 1. The second kappa shape index (κ2) is 8.55. The summed E-state index contributed by atoms with van der Waals surface area (Å²) in [4.78, 5) is 11.8. The molecule has 5 heteroatoms. The Labute approximate surface area is 120 Å². The highest BCUT2D eigenvalue weighted by molar-refractivity contribution is 5.81. The standard InChI is InChI=1S/C15H24N2O3/c1-11(2)10-20-8-7-17-15(19)14(16)9-12-3-5-13(18)6-4-12/h3-6,11,14,18H,7-10,16H2,1-2H3,(H,17,19). The second-order valence-corrected chi connectivity index (χ2v) is 5.24. The molecule has 0 aliphatic heterocycles. The summed E-state index contributed by atoms with van der Waals surface area (Å²) in [6, 6.07) is 6.09. The summed E-state index contributed by atoms with van der Waals surface area (Å²) in [5.41, 5.74) is 6.75. The van der Waals surface area contributed by atoms with Crippen LogP contribution < -0.4 is 11.1 Å². The van der Waals surface area contributed by atoms with Gasteiger partial charge in [-0.05, 0) is 30.0 Å². The number of carbonyl (C=O) groups is 1. The Kier molecular flexibility index (Phi) is 7.04. The van der Waals surface area contributed by atoms with E-state index in [9.17, 15) is 9.90 Å². The fourth-order valence-corrected chi connectivity index (χ4v) is 1.68. The van der Waals surface area contributed by atoms with Gasteiger partial charge >= 0.3 is 0 Å². The van der Waals surface area contributed by atoms with Gasteiger partial charge in [0, 0.05) is 13.2 Å². The monoisotopic (exact) mass is 280 g/mol. The molecule has 0 radical (unpaired) electrons. The molecule has 112 valence electrons. The molecule has 5 nitrogen and oxygen atoms in total. The summed E-state index contributed by atoms with van der Waals surface area (Å²) in [5.74, 6) is 0.503. The van der Waals surface area contributed by atoms with Crippen molar-refractivity contribution in [2.45, 2.75) is 26.3 Å². The molecule has 1 aromatic rings. The number of nitrogens with two attached hydrogens (primary N) is 1. The lowest BCUT2D eigenvalue weighted by atomic mass is 10.1. The molecule has 0 aliphatic rings. The SMILES string of the molecule is CC(C)COCCNC(=O)C(N)Cc1ccc(O)cc1. The van der Waals surface area contributed by atoms with Crippen molar-refractivity contribution in [2.24, 2.45) is 11.7 Å². The van der Waals surface area contributed by atoms with Gasteiger partial charge in [-0.1, -0.05) is 26.0 Å². The summed E-state index contributed by atoms with van der Waals surface area (Å²) in [6.45, 7) is 5.80. The molecule has 0 saturated carbocycles. The Balaban J connectivity index is 2.23. The van der Waals surface area contributed by atoms with Crippen molar-refractivity contribution in [1.29, 1.82) is 0 Å². The molecule has 0 aliphatic carbocycles. The predicted octanol–water partition coefficient (Wildman–Crippen LogP) is 1.05. The lowest BCUT2D eigenvalue weighted by Gasteiger charge is -2.13. The van der Waals surface area contributed by atoms with Crippen molar-refractivity contribution in [2.75, 3.05) is 19.8 Å². The van der Waals surface area contributed by atoms with E-state index in [0.717, 1.165) is 5.56 Å². The number of aromatic hydroxyl groups is 1. The van der Waals surface area contributed by atoms with Gasteiger partial charge in [-0.15, -0.1) is 0 Å². The largest absolute Gasteiger partial charge is 0.508 e. The van der Waals surface area contributed by atoms with Gasteiger partial charge in [-0.3, -0.25) is 4.79 Å². The number of phenolic OH excluding ortho intramolecular Hbond substituents is 1. The number of amides is 1. The van der Waals surface area contributed by atoms with E-state index in [1.54, 1.807) is 24.3 Å². The van der Waals surface area contributed by atoms with Crippen LogP contribution >= 0.6 is 0 Å². The summed E-state index contributed by atoms with van der Waals surface area (Å²) in [7, 11) is 0. The molecule has 1 rings (SSSR count). The van der Waals surface area contributed by atoms with E-state index < -0.39 is 6.04 Å². The van der Waals surface area contributed by atoms with Crippen molar-refractivity contribution in [3.05, 3.63) is 29.8 Å². The fraction of sp³-hybridized carbons (Fsp3) is 0.533. The van der Waals surface area contributed by atoms with Gasteiger partial charge in [0.2, 0.25) is 5.91 Å². The highest BCUT2D eigenvalue weighted by atomic mass is 16.5. The zero-order valence-corrected chi connectivity index (χ0v) is 12.1. The van der Waals surface area contributed by atoms with E-state index in [0.29, 0.717) is 32.1 Å². The third-order valence-corrected chi connectivity index (χ3v) is 2.73. The van der Waals surface area contributed by atoms with E-state index in [1.807, 2.05) is 0 Å². The van der Waals surface area contributed by atoms with Crippen LogP contribution in [-0.4, -0.2) is 36.8 Å². The molecule has 1 aromatic carbocycles. The first-order valence-corrected chi connectivity index (χ1v) is 6.88. The Morgan fingerprint density at radius 1 is 1.35 bits per heavy atom. The van der Waals surface area contributed by atoms with E-state index in [2.05, 4.69) is 19.2 Å². The molecule has 0 spiro atoms. The van der Waals surface area contributed by atoms with Crippen LogP contribution in [0.5, 0.6) is 5.75 Å². The number of ether oxygens (including phenoxy) is 1. The molecule has 0 bridgehead atoms. The van der Waals surface area contributed by atoms with Gasteiger partial charge in [0.05, 0.1) is 12.6 Å². The lowest BCUT2D eigenvalue weighted by Crippen LogP contribution is -2.43. The molecular weight excluding hydrogens is 256 g/mol. The molecular formula is C15H24N2O3. The predicted molar refractivity (Wildman–Crippen MR) is 78.5 cm³/mol. The summed E-state index contributed by atoms with van der Waals surface area (Å²) >= 11 is 0. The Hall–Kier alpha value is -1.59. The molecule has 1 atom stereocenters. The summed E-state index contributed by atoms with van der Waals surface area (Å²) in [6.07, 6.45) is 0.443. The topological polar surface area (TPSA) is 84.6 Å². The molecule has 1 unspecified atom stereocenters. The molecule has 0 saturated heterocycles. The van der Waals surface area contributed by atoms with Crippen molar-refractivity contribution in [3.8, 4) is 5.75 Å². The normalized spacial score (nSPS) is 12.4. The average Bonchev–Trinajstić information content (AvgIpc) is 2.40. The highest BCUT2D eigenvalue weighted by Crippen LogP contribution is 2.10. The first-order chi connectivity index (χ1) is 9.49. The minimum absolute atomic E-state index is 0.189. The minimum atomic E-state index is -0.593. The number of benzene rings is 1. The Bertz CT molecular complexity index is 404. The van der Waals surface area contributed by atoms with E-state index in [-0.39, 0.29) is 11.7 Å². The number of hydrogen-bond donors (Lipinski definition) is 3. The van der Waals surface area contributed by atoms with Crippen LogP contribution in [0.3, 0.4) is 0 Å². The van der Waals surface area contributed by atoms with Gasteiger partial charge in [0.15, 0.2) is 0 Å². The van der Waals surface area contributed by atoms with Gasteiger partial charge < -0.3 is 20.9 Å². The van der Waals surface area contributed by atoms with Gasteiger partial charge in [-0.2, -0.15) is 0 Å². The van der Waals surface area contributed by atoms with Crippen molar-refractivity contribution in [1.82, 2.24) is 5.32 Å². The number of nitrogens with one attached hydrogen (secondary N) is 1. The lowest BCUT2D eigenvalue weighted by molar-refractivity contribution is -0.122. The van der Waals surface area contributed by atoms with Crippen LogP contribution in [0.1, 0.15) is 19.4 Å². The minimum Gasteiger partial charge on any atom is -0.508 e. The van der Waals surface area contributed by atoms with Crippen LogP contribution in [0.4, 0.5) is 0 Å².